The van der Waals surface area contributed by atoms with Crippen molar-refractivity contribution >= 4 is 34.4 Å². The number of anilines is 1. The fourth-order valence-corrected chi connectivity index (χ4v) is 6.81. The Morgan fingerprint density at radius 2 is 1.93 bits per heavy atom. The van der Waals surface area contributed by atoms with Crippen molar-refractivity contribution in [3.05, 3.63) is 65.2 Å². The fourth-order valence-electron chi connectivity index (χ4n) is 6.81. The fraction of sp³-hybridized carbons (Fsp3) is 0.455. The van der Waals surface area contributed by atoms with E-state index in [0.29, 0.717) is 25.1 Å². The molecule has 1 aromatic heterocycles. The van der Waals surface area contributed by atoms with Gasteiger partial charge in [0, 0.05) is 50.1 Å². The summed E-state index contributed by atoms with van der Waals surface area (Å²) >= 11 is 0. The van der Waals surface area contributed by atoms with Gasteiger partial charge in [-0.1, -0.05) is 6.07 Å². The molecular formula is C33H37N5O5. The number of benzene rings is 2. The van der Waals surface area contributed by atoms with Gasteiger partial charge in [0.05, 0.1) is 24.3 Å². The van der Waals surface area contributed by atoms with Gasteiger partial charge in [-0.2, -0.15) is 0 Å². The maximum atomic E-state index is 13.0. The van der Waals surface area contributed by atoms with E-state index in [4.69, 9.17) is 14.5 Å². The van der Waals surface area contributed by atoms with E-state index < -0.39 is 11.9 Å². The first-order valence-electron chi connectivity index (χ1n) is 15.2. The molecule has 7 rings (SSSR count). The minimum atomic E-state index is -0.616. The smallest absolute Gasteiger partial charge is 0.255 e. The van der Waals surface area contributed by atoms with Crippen molar-refractivity contribution < 1.29 is 23.9 Å². The van der Waals surface area contributed by atoms with Crippen molar-refractivity contribution in [2.45, 2.75) is 63.9 Å². The summed E-state index contributed by atoms with van der Waals surface area (Å²) in [5, 5.41) is 3.49. The lowest BCUT2D eigenvalue weighted by molar-refractivity contribution is -0.136. The van der Waals surface area contributed by atoms with Crippen LogP contribution >= 0.6 is 0 Å². The molecule has 5 heterocycles. The highest BCUT2D eigenvalue weighted by Gasteiger charge is 2.39. The van der Waals surface area contributed by atoms with Crippen molar-refractivity contribution in [1.29, 1.82) is 0 Å². The number of carbonyl (C=O) groups excluding carboxylic acids is 3. The second-order valence-corrected chi connectivity index (χ2v) is 12.7. The van der Waals surface area contributed by atoms with Crippen LogP contribution in [0.5, 0.6) is 5.75 Å². The van der Waals surface area contributed by atoms with E-state index in [2.05, 4.69) is 59.3 Å². The third-order valence-corrected chi connectivity index (χ3v) is 9.09. The van der Waals surface area contributed by atoms with Crippen LogP contribution in [0.25, 0.3) is 10.9 Å². The van der Waals surface area contributed by atoms with Crippen LogP contribution in [0.1, 0.15) is 54.6 Å². The highest BCUT2D eigenvalue weighted by molar-refractivity contribution is 6.05. The Balaban J connectivity index is 0.965. The Labute approximate surface area is 250 Å². The normalized spacial score (nSPS) is 24.0. The summed E-state index contributed by atoms with van der Waals surface area (Å²) in [6.45, 7) is 9.59. The number of ether oxygens (including phenoxy) is 2. The summed E-state index contributed by atoms with van der Waals surface area (Å²) in [4.78, 5) is 48.2. The van der Waals surface area contributed by atoms with E-state index >= 15 is 0 Å². The Hall–Kier alpha value is -4.02. The topological polar surface area (TPSA) is 104 Å². The number of carbonyl (C=O) groups is 3. The average molecular weight is 584 g/mol. The molecule has 3 fully saturated rings. The molecule has 43 heavy (non-hydrogen) atoms. The van der Waals surface area contributed by atoms with Crippen molar-refractivity contribution in [3.8, 4) is 5.75 Å². The second-order valence-electron chi connectivity index (χ2n) is 12.7. The molecule has 3 saturated heterocycles. The number of aromatic nitrogens is 1. The first-order chi connectivity index (χ1) is 20.7. The molecule has 0 spiro atoms. The van der Waals surface area contributed by atoms with Gasteiger partial charge >= 0.3 is 0 Å². The number of morpholine rings is 1. The zero-order valence-electron chi connectivity index (χ0n) is 24.7. The van der Waals surface area contributed by atoms with Crippen LogP contribution in [0.3, 0.4) is 0 Å². The SMILES string of the molecule is CC1(C)COCCN1c1ccc2cc(CN3CCC(Oc4ccc5c(c4)CN(C4CCC(=O)NC4=O)C5=O)C3)ccc2n1. The molecule has 0 radical (unpaired) electrons. The van der Waals surface area contributed by atoms with Crippen molar-refractivity contribution in [3.63, 3.8) is 0 Å². The molecule has 2 unspecified atom stereocenters. The molecule has 10 heteroatoms. The number of fused-ring (bicyclic) bond motifs is 2. The number of hydrogen-bond donors (Lipinski definition) is 1. The van der Waals surface area contributed by atoms with Gasteiger partial charge < -0.3 is 19.3 Å². The maximum absolute atomic E-state index is 13.0. The van der Waals surface area contributed by atoms with E-state index in [0.717, 1.165) is 67.2 Å². The van der Waals surface area contributed by atoms with Crippen LogP contribution in [0, 0.1) is 0 Å². The number of amides is 3. The Kier molecular flexibility index (Phi) is 7.05. The third kappa shape index (κ3) is 5.45. The summed E-state index contributed by atoms with van der Waals surface area (Å²) < 4.78 is 12.0. The molecule has 3 aromatic rings. The van der Waals surface area contributed by atoms with Gasteiger partial charge in [0.1, 0.15) is 23.7 Å². The number of pyridine rings is 1. The first-order valence-corrected chi connectivity index (χ1v) is 15.2. The molecule has 224 valence electrons. The second kappa shape index (κ2) is 10.9. The van der Waals surface area contributed by atoms with Gasteiger partial charge in [-0.05, 0) is 80.3 Å². The van der Waals surface area contributed by atoms with Gasteiger partial charge in [0.15, 0.2) is 0 Å². The molecule has 0 bridgehead atoms. The largest absolute Gasteiger partial charge is 0.489 e. The van der Waals surface area contributed by atoms with E-state index in [1.165, 1.54) is 5.56 Å². The van der Waals surface area contributed by atoms with Gasteiger partial charge in [-0.25, -0.2) is 4.98 Å². The lowest BCUT2D eigenvalue weighted by Gasteiger charge is -2.43. The van der Waals surface area contributed by atoms with E-state index in [-0.39, 0.29) is 29.9 Å². The minimum absolute atomic E-state index is 0.0583. The van der Waals surface area contributed by atoms with Gasteiger partial charge in [-0.3, -0.25) is 24.6 Å². The molecule has 10 nitrogen and oxygen atoms in total. The van der Waals surface area contributed by atoms with Crippen LogP contribution < -0.4 is 15.0 Å². The van der Waals surface area contributed by atoms with Crippen LogP contribution in [0.2, 0.25) is 0 Å². The lowest BCUT2D eigenvalue weighted by Crippen LogP contribution is -2.53. The number of rotatable bonds is 6. The van der Waals surface area contributed by atoms with Gasteiger partial charge in [0.25, 0.3) is 5.91 Å². The number of imide groups is 1. The molecule has 3 amide bonds. The van der Waals surface area contributed by atoms with Gasteiger partial charge in [-0.15, -0.1) is 0 Å². The average Bonchev–Trinajstić information content (AvgIpc) is 3.55. The van der Waals surface area contributed by atoms with Crippen molar-refractivity contribution in [1.82, 2.24) is 20.1 Å². The summed E-state index contributed by atoms with van der Waals surface area (Å²) in [7, 11) is 0. The Bertz CT molecular complexity index is 1610. The Morgan fingerprint density at radius 1 is 1.05 bits per heavy atom. The summed E-state index contributed by atoms with van der Waals surface area (Å²) in [5.41, 5.74) is 3.61. The summed E-state index contributed by atoms with van der Waals surface area (Å²) in [5.74, 6) is 0.873. The predicted molar refractivity (Wildman–Crippen MR) is 161 cm³/mol. The van der Waals surface area contributed by atoms with E-state index in [1.54, 1.807) is 11.0 Å². The van der Waals surface area contributed by atoms with Gasteiger partial charge in [0.2, 0.25) is 11.8 Å². The molecule has 2 aromatic carbocycles. The number of nitrogens with zero attached hydrogens (tertiary/aromatic N) is 4. The zero-order valence-corrected chi connectivity index (χ0v) is 24.7. The Morgan fingerprint density at radius 3 is 2.77 bits per heavy atom. The first kappa shape index (κ1) is 27.8. The highest BCUT2D eigenvalue weighted by Crippen LogP contribution is 2.32. The lowest BCUT2D eigenvalue weighted by atomic mass is 10.0. The number of piperidine rings is 1. The number of likely N-dealkylation sites (tertiary alicyclic amines) is 1. The van der Waals surface area contributed by atoms with Crippen LogP contribution in [-0.4, -0.2) is 83.0 Å². The van der Waals surface area contributed by atoms with Crippen molar-refractivity contribution in [2.75, 3.05) is 37.7 Å². The maximum Gasteiger partial charge on any atom is 0.255 e. The van der Waals surface area contributed by atoms with Crippen LogP contribution in [0.15, 0.2) is 48.5 Å². The molecular weight excluding hydrogens is 546 g/mol. The zero-order chi connectivity index (χ0) is 29.7. The third-order valence-electron chi connectivity index (χ3n) is 9.09. The van der Waals surface area contributed by atoms with E-state index in [9.17, 15) is 14.4 Å². The highest BCUT2D eigenvalue weighted by atomic mass is 16.5. The molecule has 2 atom stereocenters. The standard InChI is InChI=1S/C33H37N5O5/c1-33(2)20-42-14-13-38(33)29-9-4-22-15-21(3-7-27(22)34-29)17-36-12-11-25(19-36)43-24-5-6-26-23(16-24)18-37(32(26)41)28-8-10-30(39)35-31(28)40/h3-7,9,15-16,25,28H,8,10-14,17-20H2,1-2H3,(H,35,39,40). The van der Waals surface area contributed by atoms with E-state index in [1.807, 2.05) is 12.1 Å². The quantitative estimate of drug-likeness (QED) is 0.441. The molecule has 1 N–H and O–H groups in total. The number of hydrogen-bond acceptors (Lipinski definition) is 8. The molecule has 4 aliphatic rings. The molecule has 4 aliphatic heterocycles. The van der Waals surface area contributed by atoms with Crippen molar-refractivity contribution in [2.24, 2.45) is 0 Å². The van der Waals surface area contributed by atoms with Crippen LogP contribution in [0.4, 0.5) is 5.82 Å². The molecule has 0 saturated carbocycles. The monoisotopic (exact) mass is 583 g/mol. The summed E-state index contributed by atoms with van der Waals surface area (Å²) in [6.07, 6.45) is 1.58. The predicted octanol–water partition coefficient (Wildman–Crippen LogP) is 3.26. The molecule has 0 aliphatic carbocycles. The minimum Gasteiger partial charge on any atom is -0.489 e. The van der Waals surface area contributed by atoms with Crippen LogP contribution in [-0.2, 0) is 27.4 Å². The number of nitrogens with one attached hydrogen (secondary N) is 1. The summed E-state index contributed by atoms with van der Waals surface area (Å²) in [6, 6.07) is 15.8.